The van der Waals surface area contributed by atoms with E-state index in [1.165, 1.54) is 130 Å². The van der Waals surface area contributed by atoms with Crippen molar-refractivity contribution in [3.05, 3.63) is 0 Å². The second-order valence-corrected chi connectivity index (χ2v) is 11.2. The molecule has 4 aliphatic rings. The van der Waals surface area contributed by atoms with Crippen LogP contribution in [0.25, 0.3) is 0 Å². The topological polar surface area (TPSA) is 16.2 Å². The molecule has 5 nitrogen and oxygen atoms in total. The molecule has 4 saturated heterocycles. The Hall–Kier alpha value is -0.200. The Morgan fingerprint density at radius 1 is 0.500 bits per heavy atom. The fourth-order valence-corrected chi connectivity index (χ4v) is 6.07. The SMILES string of the molecule is CC1CCN(CC2CCN(CC3CCN(CCN4CCN(C)CC4)CC3)CC2)CC1. The Labute approximate surface area is 186 Å². The van der Waals surface area contributed by atoms with Gasteiger partial charge in [-0.3, -0.25) is 4.90 Å². The van der Waals surface area contributed by atoms with E-state index in [2.05, 4.69) is 38.5 Å². The fraction of sp³-hybridized carbons (Fsp3) is 1.00. The van der Waals surface area contributed by atoms with Crippen LogP contribution in [0.15, 0.2) is 0 Å². The highest BCUT2D eigenvalue weighted by Crippen LogP contribution is 2.25. The molecule has 0 bridgehead atoms. The predicted molar refractivity (Wildman–Crippen MR) is 127 cm³/mol. The third-order valence-electron chi connectivity index (χ3n) is 8.65. The van der Waals surface area contributed by atoms with Crippen LogP contribution >= 0.6 is 0 Å². The molecule has 4 heterocycles. The van der Waals surface area contributed by atoms with Crippen LogP contribution in [-0.2, 0) is 0 Å². The molecule has 0 spiro atoms. The summed E-state index contributed by atoms with van der Waals surface area (Å²) in [6.45, 7) is 20.9. The molecule has 4 aliphatic heterocycles. The van der Waals surface area contributed by atoms with Crippen molar-refractivity contribution in [1.82, 2.24) is 24.5 Å². The van der Waals surface area contributed by atoms with Crippen LogP contribution < -0.4 is 0 Å². The highest BCUT2D eigenvalue weighted by molar-refractivity contribution is 4.81. The summed E-state index contributed by atoms with van der Waals surface area (Å²) in [5, 5.41) is 0. The lowest BCUT2D eigenvalue weighted by Crippen LogP contribution is -2.48. The number of hydrogen-bond acceptors (Lipinski definition) is 5. The summed E-state index contributed by atoms with van der Waals surface area (Å²) in [4.78, 5) is 13.4. The molecular weight excluding hydrogens is 370 g/mol. The summed E-state index contributed by atoms with van der Waals surface area (Å²) in [6, 6.07) is 0. The summed E-state index contributed by atoms with van der Waals surface area (Å²) in [6.07, 6.45) is 8.58. The third-order valence-corrected chi connectivity index (χ3v) is 8.65. The summed E-state index contributed by atoms with van der Waals surface area (Å²) < 4.78 is 0. The average Bonchev–Trinajstić information content (AvgIpc) is 2.77. The number of likely N-dealkylation sites (N-methyl/N-ethyl adjacent to an activating group) is 1. The lowest BCUT2D eigenvalue weighted by atomic mass is 9.91. The number of hydrogen-bond donors (Lipinski definition) is 0. The maximum atomic E-state index is 2.80. The summed E-state index contributed by atoms with van der Waals surface area (Å²) in [7, 11) is 2.25. The average molecular weight is 420 g/mol. The van der Waals surface area contributed by atoms with Crippen LogP contribution in [-0.4, -0.2) is 123 Å². The predicted octanol–water partition coefficient (Wildman–Crippen LogP) is 2.39. The first-order valence-electron chi connectivity index (χ1n) is 13.2. The quantitative estimate of drug-likeness (QED) is 0.628. The van der Waals surface area contributed by atoms with E-state index in [1.807, 2.05) is 0 Å². The van der Waals surface area contributed by atoms with Gasteiger partial charge >= 0.3 is 0 Å². The molecule has 0 aromatic carbocycles. The van der Waals surface area contributed by atoms with Crippen molar-refractivity contribution >= 4 is 0 Å². The lowest BCUT2D eigenvalue weighted by Gasteiger charge is -2.40. The van der Waals surface area contributed by atoms with E-state index < -0.39 is 0 Å². The normalized spacial score (nSPS) is 29.0. The molecule has 0 atom stereocenters. The second kappa shape index (κ2) is 11.6. The molecule has 0 aliphatic carbocycles. The summed E-state index contributed by atoms with van der Waals surface area (Å²) >= 11 is 0. The monoisotopic (exact) mass is 419 g/mol. The molecule has 0 aromatic heterocycles. The van der Waals surface area contributed by atoms with Gasteiger partial charge in [-0.25, -0.2) is 0 Å². The van der Waals surface area contributed by atoms with Crippen molar-refractivity contribution in [3.63, 3.8) is 0 Å². The highest BCUT2D eigenvalue weighted by atomic mass is 15.3. The van der Waals surface area contributed by atoms with E-state index >= 15 is 0 Å². The molecule has 0 radical (unpaired) electrons. The molecule has 30 heavy (non-hydrogen) atoms. The van der Waals surface area contributed by atoms with Gasteiger partial charge in [0.05, 0.1) is 0 Å². The standard InChI is InChI=1S/C25H49N5/c1-23-3-9-29(10-4-23)21-25-7-13-30(14-8-25)22-24-5-11-27(12-6-24)19-20-28-17-15-26(2)16-18-28/h23-25H,3-22H2,1-2H3. The fourth-order valence-electron chi connectivity index (χ4n) is 6.07. The molecule has 5 heteroatoms. The van der Waals surface area contributed by atoms with Crippen LogP contribution in [0.2, 0.25) is 0 Å². The maximum absolute atomic E-state index is 2.80. The largest absolute Gasteiger partial charge is 0.304 e. The molecule has 0 unspecified atom stereocenters. The molecule has 4 rings (SSSR count). The summed E-state index contributed by atoms with van der Waals surface area (Å²) in [5.41, 5.74) is 0. The number of rotatable bonds is 7. The Bertz CT molecular complexity index is 468. The van der Waals surface area contributed by atoms with Crippen LogP contribution in [0, 0.1) is 17.8 Å². The van der Waals surface area contributed by atoms with Crippen LogP contribution in [0.4, 0.5) is 0 Å². The van der Waals surface area contributed by atoms with Gasteiger partial charge in [0.1, 0.15) is 0 Å². The molecule has 0 aromatic rings. The lowest BCUT2D eigenvalue weighted by molar-refractivity contribution is 0.0890. The Morgan fingerprint density at radius 2 is 0.900 bits per heavy atom. The number of piperidine rings is 3. The first-order valence-corrected chi connectivity index (χ1v) is 13.2. The molecule has 0 saturated carbocycles. The first kappa shape index (κ1) is 23.0. The van der Waals surface area contributed by atoms with Crippen molar-refractivity contribution in [2.24, 2.45) is 17.8 Å². The minimum absolute atomic E-state index is 0.949. The number of likely N-dealkylation sites (tertiary alicyclic amines) is 3. The van der Waals surface area contributed by atoms with Gasteiger partial charge in [0.25, 0.3) is 0 Å². The van der Waals surface area contributed by atoms with Crippen molar-refractivity contribution < 1.29 is 0 Å². The van der Waals surface area contributed by atoms with E-state index in [1.54, 1.807) is 0 Å². The number of piperazine rings is 1. The van der Waals surface area contributed by atoms with E-state index in [4.69, 9.17) is 0 Å². The molecule has 0 N–H and O–H groups in total. The van der Waals surface area contributed by atoms with Crippen LogP contribution in [0.5, 0.6) is 0 Å². The van der Waals surface area contributed by atoms with Crippen LogP contribution in [0.3, 0.4) is 0 Å². The Morgan fingerprint density at radius 3 is 1.40 bits per heavy atom. The maximum Gasteiger partial charge on any atom is 0.0110 e. The van der Waals surface area contributed by atoms with E-state index in [9.17, 15) is 0 Å². The van der Waals surface area contributed by atoms with Gasteiger partial charge in [-0.15, -0.1) is 0 Å². The molecule has 174 valence electrons. The van der Waals surface area contributed by atoms with Crippen LogP contribution in [0.1, 0.15) is 45.4 Å². The van der Waals surface area contributed by atoms with E-state index in [-0.39, 0.29) is 0 Å². The minimum Gasteiger partial charge on any atom is -0.304 e. The van der Waals surface area contributed by atoms with Crippen molar-refractivity contribution in [3.8, 4) is 0 Å². The van der Waals surface area contributed by atoms with Crippen molar-refractivity contribution in [1.29, 1.82) is 0 Å². The Kier molecular flexibility index (Phi) is 8.89. The van der Waals surface area contributed by atoms with Gasteiger partial charge in [-0.05, 0) is 103 Å². The zero-order chi connectivity index (χ0) is 20.8. The Balaban J connectivity index is 1.06. The van der Waals surface area contributed by atoms with Gasteiger partial charge in [-0.2, -0.15) is 0 Å². The zero-order valence-electron chi connectivity index (χ0n) is 20.1. The van der Waals surface area contributed by atoms with Gasteiger partial charge in [0, 0.05) is 52.4 Å². The summed E-state index contributed by atoms with van der Waals surface area (Å²) in [5.74, 6) is 2.87. The highest BCUT2D eigenvalue weighted by Gasteiger charge is 2.26. The van der Waals surface area contributed by atoms with E-state index in [0.717, 1.165) is 17.8 Å². The van der Waals surface area contributed by atoms with Gasteiger partial charge in [0.2, 0.25) is 0 Å². The molecular formula is C25H49N5. The van der Waals surface area contributed by atoms with Gasteiger partial charge < -0.3 is 19.6 Å². The molecule has 0 amide bonds. The number of nitrogens with zero attached hydrogens (tertiary/aromatic N) is 5. The second-order valence-electron chi connectivity index (χ2n) is 11.2. The first-order chi connectivity index (χ1) is 14.6. The minimum atomic E-state index is 0.949. The van der Waals surface area contributed by atoms with Gasteiger partial charge in [-0.1, -0.05) is 6.92 Å². The van der Waals surface area contributed by atoms with Crippen molar-refractivity contribution in [2.45, 2.75) is 45.4 Å². The molecule has 4 fully saturated rings. The zero-order valence-corrected chi connectivity index (χ0v) is 20.1. The third kappa shape index (κ3) is 7.16. The smallest absolute Gasteiger partial charge is 0.0110 e. The van der Waals surface area contributed by atoms with E-state index in [0.29, 0.717) is 0 Å². The van der Waals surface area contributed by atoms with Gasteiger partial charge in [0.15, 0.2) is 0 Å². The van der Waals surface area contributed by atoms with Crippen molar-refractivity contribution in [2.75, 3.05) is 98.7 Å².